The third-order valence-electron chi connectivity index (χ3n) is 4.83. The van der Waals surface area contributed by atoms with Crippen LogP contribution in [0.3, 0.4) is 0 Å². The van der Waals surface area contributed by atoms with Gasteiger partial charge in [-0.1, -0.05) is 47.1 Å². The molecule has 3 aromatic rings. The summed E-state index contributed by atoms with van der Waals surface area (Å²) in [7, 11) is -3.51. The molecule has 1 aliphatic rings. The first-order chi connectivity index (χ1) is 13.0. The third kappa shape index (κ3) is 3.65. The van der Waals surface area contributed by atoms with Gasteiger partial charge in [-0.3, -0.25) is 0 Å². The molecule has 1 saturated heterocycles. The normalized spacial score (nSPS) is 18.5. The molecule has 140 valence electrons. The second-order valence-electron chi connectivity index (χ2n) is 6.84. The van der Waals surface area contributed by atoms with Gasteiger partial charge in [-0.05, 0) is 38.0 Å². The van der Waals surface area contributed by atoms with Gasteiger partial charge in [0.2, 0.25) is 21.7 Å². The summed E-state index contributed by atoms with van der Waals surface area (Å²) in [5, 5.41) is 4.09. The van der Waals surface area contributed by atoms with Gasteiger partial charge in [-0.2, -0.15) is 9.29 Å². The Morgan fingerprint density at radius 2 is 1.93 bits per heavy atom. The van der Waals surface area contributed by atoms with Gasteiger partial charge in [-0.25, -0.2) is 8.42 Å². The molecule has 2 aromatic carbocycles. The predicted octanol–water partition coefficient (Wildman–Crippen LogP) is 3.61. The van der Waals surface area contributed by atoms with Gasteiger partial charge in [0.15, 0.2) is 0 Å². The van der Waals surface area contributed by atoms with E-state index in [4.69, 9.17) is 4.52 Å². The molecule has 0 amide bonds. The molecule has 0 spiro atoms. The monoisotopic (exact) mass is 383 g/mol. The third-order valence-corrected chi connectivity index (χ3v) is 6.71. The van der Waals surface area contributed by atoms with Crippen molar-refractivity contribution >= 4 is 10.0 Å². The predicted molar refractivity (Wildman–Crippen MR) is 102 cm³/mol. The number of aryl methyl sites for hydroxylation is 1. The van der Waals surface area contributed by atoms with Gasteiger partial charge in [0.05, 0.1) is 10.8 Å². The number of nitrogens with zero attached hydrogens (tertiary/aromatic N) is 3. The number of aromatic nitrogens is 2. The minimum atomic E-state index is -3.51. The van der Waals surface area contributed by atoms with E-state index in [2.05, 4.69) is 10.1 Å². The van der Waals surface area contributed by atoms with Gasteiger partial charge in [0.1, 0.15) is 0 Å². The smallest absolute Gasteiger partial charge is 0.243 e. The zero-order valence-corrected chi connectivity index (χ0v) is 15.9. The van der Waals surface area contributed by atoms with E-state index in [9.17, 15) is 8.42 Å². The maximum absolute atomic E-state index is 12.9. The van der Waals surface area contributed by atoms with Gasteiger partial charge in [0.25, 0.3) is 0 Å². The second kappa shape index (κ2) is 7.25. The molecule has 0 saturated carbocycles. The molecule has 0 aliphatic carbocycles. The molecular weight excluding hydrogens is 362 g/mol. The fourth-order valence-electron chi connectivity index (χ4n) is 3.41. The molecule has 1 unspecified atom stereocenters. The molecule has 0 N–H and O–H groups in total. The van der Waals surface area contributed by atoms with Crippen LogP contribution < -0.4 is 0 Å². The fraction of sp³-hybridized carbons (Fsp3) is 0.300. The summed E-state index contributed by atoms with van der Waals surface area (Å²) < 4.78 is 32.8. The lowest BCUT2D eigenvalue weighted by Crippen LogP contribution is -2.39. The summed E-state index contributed by atoms with van der Waals surface area (Å²) in [6.07, 6.45) is 1.59. The van der Waals surface area contributed by atoms with E-state index in [-0.39, 0.29) is 5.92 Å². The lowest BCUT2D eigenvalue weighted by Gasteiger charge is -2.30. The Bertz CT molecular complexity index is 1030. The van der Waals surface area contributed by atoms with E-state index in [1.807, 2.05) is 37.3 Å². The maximum Gasteiger partial charge on any atom is 0.243 e. The quantitative estimate of drug-likeness (QED) is 0.688. The average Bonchev–Trinajstić information content (AvgIpc) is 3.19. The summed E-state index contributed by atoms with van der Waals surface area (Å²) in [5.74, 6) is 0.944. The van der Waals surface area contributed by atoms with Crippen molar-refractivity contribution in [2.75, 3.05) is 13.1 Å². The number of sulfonamides is 1. The van der Waals surface area contributed by atoms with Gasteiger partial charge in [-0.15, -0.1) is 0 Å². The van der Waals surface area contributed by atoms with Crippen LogP contribution in [0.5, 0.6) is 0 Å². The Kier molecular flexibility index (Phi) is 4.80. The Morgan fingerprint density at radius 3 is 2.70 bits per heavy atom. The van der Waals surface area contributed by atoms with Crippen LogP contribution in [-0.2, 0) is 10.0 Å². The number of piperidine rings is 1. The van der Waals surface area contributed by atoms with E-state index in [0.29, 0.717) is 29.7 Å². The molecular formula is C20H21N3O3S. The minimum absolute atomic E-state index is 0.0942. The zero-order valence-electron chi connectivity index (χ0n) is 15.1. The highest BCUT2D eigenvalue weighted by atomic mass is 32.2. The highest BCUT2D eigenvalue weighted by Gasteiger charge is 2.33. The van der Waals surface area contributed by atoms with E-state index >= 15 is 0 Å². The summed E-state index contributed by atoms with van der Waals surface area (Å²) in [6.45, 7) is 2.87. The van der Waals surface area contributed by atoms with Crippen LogP contribution in [0.4, 0.5) is 0 Å². The fourth-order valence-corrected chi connectivity index (χ4v) is 4.95. The Hall–Kier alpha value is -2.51. The van der Waals surface area contributed by atoms with Crippen molar-refractivity contribution in [1.29, 1.82) is 0 Å². The summed E-state index contributed by atoms with van der Waals surface area (Å²) in [5.41, 5.74) is 2.02. The highest BCUT2D eigenvalue weighted by molar-refractivity contribution is 7.89. The number of benzene rings is 2. The lowest BCUT2D eigenvalue weighted by atomic mass is 10.00. The number of hydrogen-bond donors (Lipinski definition) is 0. The van der Waals surface area contributed by atoms with Crippen molar-refractivity contribution in [2.45, 2.75) is 30.6 Å². The van der Waals surface area contributed by atoms with Crippen LogP contribution in [0.1, 0.15) is 30.2 Å². The highest BCUT2D eigenvalue weighted by Crippen LogP contribution is 2.30. The second-order valence-corrected chi connectivity index (χ2v) is 8.78. The Morgan fingerprint density at radius 1 is 1.11 bits per heavy atom. The van der Waals surface area contributed by atoms with E-state index < -0.39 is 10.0 Å². The molecule has 2 heterocycles. The number of rotatable bonds is 4. The molecule has 7 heteroatoms. The van der Waals surface area contributed by atoms with Crippen LogP contribution in [0.2, 0.25) is 0 Å². The molecule has 27 heavy (non-hydrogen) atoms. The van der Waals surface area contributed by atoms with Crippen molar-refractivity contribution in [2.24, 2.45) is 0 Å². The number of hydrogen-bond acceptors (Lipinski definition) is 5. The van der Waals surface area contributed by atoms with Crippen LogP contribution in [0, 0.1) is 6.92 Å². The van der Waals surface area contributed by atoms with E-state index in [0.717, 1.165) is 24.0 Å². The van der Waals surface area contributed by atoms with Crippen molar-refractivity contribution in [3.8, 4) is 11.4 Å². The zero-order chi connectivity index (χ0) is 18.9. The topological polar surface area (TPSA) is 76.3 Å². The lowest BCUT2D eigenvalue weighted by molar-refractivity contribution is 0.265. The average molecular weight is 383 g/mol. The standard InChI is InChI=1S/C20H21N3O3S/c1-15-7-5-8-16(13-15)19-21-20(26-22-19)17-9-6-12-23(14-17)27(24,25)18-10-3-2-4-11-18/h2-5,7-8,10-11,13,17H,6,9,12,14H2,1H3. The summed E-state index contributed by atoms with van der Waals surface area (Å²) >= 11 is 0. The van der Waals surface area contributed by atoms with Crippen molar-refractivity contribution in [3.63, 3.8) is 0 Å². The first-order valence-electron chi connectivity index (χ1n) is 9.00. The Balaban J connectivity index is 1.56. The Labute approximate surface area is 158 Å². The largest absolute Gasteiger partial charge is 0.339 e. The van der Waals surface area contributed by atoms with Crippen molar-refractivity contribution in [3.05, 3.63) is 66.1 Å². The van der Waals surface area contributed by atoms with Crippen LogP contribution >= 0.6 is 0 Å². The van der Waals surface area contributed by atoms with Gasteiger partial charge >= 0.3 is 0 Å². The van der Waals surface area contributed by atoms with Gasteiger partial charge in [0, 0.05) is 18.7 Å². The first kappa shape index (κ1) is 17.9. The maximum atomic E-state index is 12.9. The molecule has 1 aromatic heterocycles. The molecule has 4 rings (SSSR count). The molecule has 1 aliphatic heterocycles. The van der Waals surface area contributed by atoms with Gasteiger partial charge < -0.3 is 4.52 Å². The minimum Gasteiger partial charge on any atom is -0.339 e. The van der Waals surface area contributed by atoms with Crippen LogP contribution in [-0.4, -0.2) is 36.0 Å². The molecule has 1 fully saturated rings. The molecule has 0 bridgehead atoms. The van der Waals surface area contributed by atoms with Crippen molar-refractivity contribution < 1.29 is 12.9 Å². The summed E-state index contributed by atoms with van der Waals surface area (Å²) in [4.78, 5) is 4.85. The molecule has 0 radical (unpaired) electrons. The van der Waals surface area contributed by atoms with E-state index in [1.54, 1.807) is 24.3 Å². The SMILES string of the molecule is Cc1cccc(-c2noc(C3CCCN(S(=O)(=O)c4ccccc4)C3)n2)c1. The van der Waals surface area contributed by atoms with E-state index in [1.165, 1.54) is 4.31 Å². The first-order valence-corrected chi connectivity index (χ1v) is 10.4. The van der Waals surface area contributed by atoms with Crippen LogP contribution in [0.15, 0.2) is 64.0 Å². The molecule has 1 atom stereocenters. The van der Waals surface area contributed by atoms with Crippen molar-refractivity contribution in [1.82, 2.24) is 14.4 Å². The van der Waals surface area contributed by atoms with Crippen LogP contribution in [0.25, 0.3) is 11.4 Å². The molecule has 6 nitrogen and oxygen atoms in total. The summed E-state index contributed by atoms with van der Waals surface area (Å²) in [6, 6.07) is 16.4.